The van der Waals surface area contributed by atoms with Gasteiger partial charge in [0.1, 0.15) is 18.3 Å². The summed E-state index contributed by atoms with van der Waals surface area (Å²) in [6, 6.07) is 27.8. The number of allylic oxidation sites excluding steroid dienone is 2. The van der Waals surface area contributed by atoms with Crippen LogP contribution in [-0.4, -0.2) is 24.1 Å². The average Bonchev–Trinajstić information content (AvgIpc) is 2.96. The van der Waals surface area contributed by atoms with Gasteiger partial charge in [-0.25, -0.2) is 0 Å². The molecule has 0 bridgehead atoms. The molecule has 0 saturated carbocycles. The number of Topliss-reactive ketones (excluding diaryl/α,β-unsaturated/α-hetero) is 1. The quantitative estimate of drug-likeness (QED) is 0.221. The molecule has 0 radical (unpaired) electrons. The van der Waals surface area contributed by atoms with Crippen LogP contribution in [0, 0.1) is 5.92 Å². The number of carbonyl (C=O) groups excluding carboxylic acids is 2. The number of benzene rings is 3. The van der Waals surface area contributed by atoms with E-state index in [1.54, 1.807) is 0 Å². The lowest BCUT2D eigenvalue weighted by Crippen LogP contribution is -2.38. The van der Waals surface area contributed by atoms with Gasteiger partial charge in [0.15, 0.2) is 5.78 Å². The average molecular weight is 522 g/mol. The monoisotopic (exact) mass is 521 g/mol. The number of para-hydroxylation sites is 1. The number of ether oxygens (including phenoxy) is 2. The number of ketones is 1. The van der Waals surface area contributed by atoms with Gasteiger partial charge in [0, 0.05) is 34.9 Å². The molecule has 0 amide bonds. The van der Waals surface area contributed by atoms with Crippen molar-refractivity contribution in [3.8, 4) is 5.75 Å². The Balaban J connectivity index is 1.55. The summed E-state index contributed by atoms with van der Waals surface area (Å²) in [6.45, 7) is 4.69. The predicted octanol–water partition coefficient (Wildman–Crippen LogP) is 7.18. The first-order chi connectivity index (χ1) is 19.1. The van der Waals surface area contributed by atoms with Crippen LogP contribution in [0.4, 0.5) is 0 Å². The van der Waals surface area contributed by atoms with E-state index in [-0.39, 0.29) is 17.7 Å². The molecule has 2 aliphatic rings. The normalized spacial score (nSPS) is 20.7. The second-order valence-electron chi connectivity index (χ2n) is 10.3. The summed E-state index contributed by atoms with van der Waals surface area (Å²) < 4.78 is 12.0. The first kappa shape index (κ1) is 26.6. The smallest absolute Gasteiger partial charge is 0.315 e. The molecule has 39 heavy (non-hydrogen) atoms. The Morgan fingerprint density at radius 2 is 1.62 bits per heavy atom. The number of nitrogens with zero attached hydrogens (tertiary/aromatic N) is 1. The molecule has 1 aliphatic carbocycles. The number of aliphatic imine (C=N–C) groups is 1. The molecular formula is C34H35NO4. The Morgan fingerprint density at radius 3 is 2.36 bits per heavy atom. The van der Waals surface area contributed by atoms with Gasteiger partial charge in [-0.05, 0) is 42.9 Å². The lowest BCUT2D eigenvalue weighted by molar-refractivity contribution is -0.146. The Hall–Kier alpha value is -3.99. The zero-order chi connectivity index (χ0) is 27.2. The first-order valence-electron chi connectivity index (χ1n) is 13.9. The summed E-state index contributed by atoms with van der Waals surface area (Å²) in [4.78, 5) is 32.3. The standard InChI is InChI=1S/C34H35NO4/c1-3-4-19-38-34(37)31-23(2)35-28-20-26(25-15-9-6-10-16-25)21-29(36)33(28)32(31)27-17-11-12-18-30(27)39-22-24-13-7-5-8-14-24/h5-18,26,31-32H,3-4,19-22H2,1-2H3/t26-,31?,32-/m1/s1. The Kier molecular flexibility index (Phi) is 8.36. The number of rotatable bonds is 9. The molecule has 1 heterocycles. The molecule has 5 heteroatoms. The molecule has 0 saturated heterocycles. The van der Waals surface area contributed by atoms with E-state index in [1.165, 1.54) is 0 Å². The first-order valence-corrected chi connectivity index (χ1v) is 13.9. The largest absolute Gasteiger partial charge is 0.489 e. The van der Waals surface area contributed by atoms with E-state index in [1.807, 2.05) is 79.7 Å². The molecule has 5 nitrogen and oxygen atoms in total. The van der Waals surface area contributed by atoms with Crippen molar-refractivity contribution in [2.75, 3.05) is 6.61 Å². The van der Waals surface area contributed by atoms with Crippen LogP contribution in [0.2, 0.25) is 0 Å². The molecule has 0 aromatic heterocycles. The van der Waals surface area contributed by atoms with Crippen LogP contribution in [0.25, 0.3) is 0 Å². The maximum atomic E-state index is 13.9. The lowest BCUT2D eigenvalue weighted by Gasteiger charge is -2.37. The van der Waals surface area contributed by atoms with Crippen molar-refractivity contribution in [1.29, 1.82) is 0 Å². The van der Waals surface area contributed by atoms with Crippen molar-refractivity contribution in [1.82, 2.24) is 0 Å². The van der Waals surface area contributed by atoms with Gasteiger partial charge in [0.25, 0.3) is 0 Å². The van der Waals surface area contributed by atoms with Gasteiger partial charge in [-0.15, -0.1) is 0 Å². The van der Waals surface area contributed by atoms with Crippen molar-refractivity contribution >= 4 is 17.5 Å². The van der Waals surface area contributed by atoms with Gasteiger partial charge < -0.3 is 9.47 Å². The highest BCUT2D eigenvalue weighted by Crippen LogP contribution is 2.48. The minimum absolute atomic E-state index is 0.0376. The van der Waals surface area contributed by atoms with Crippen LogP contribution in [0.1, 0.15) is 68.1 Å². The highest BCUT2D eigenvalue weighted by molar-refractivity contribution is 6.09. The summed E-state index contributed by atoms with van der Waals surface area (Å²) in [6.07, 6.45) is 2.77. The van der Waals surface area contributed by atoms with Gasteiger partial charge in [0.2, 0.25) is 0 Å². The van der Waals surface area contributed by atoms with E-state index in [2.05, 4.69) is 19.1 Å². The number of unbranched alkanes of at least 4 members (excludes halogenated alkanes) is 1. The Labute approximate surface area is 230 Å². The third kappa shape index (κ3) is 5.88. The number of carbonyl (C=O) groups is 2. The third-order valence-corrected chi connectivity index (χ3v) is 7.65. The number of esters is 1. The summed E-state index contributed by atoms with van der Waals surface area (Å²) in [5.41, 5.74) is 5.08. The maximum Gasteiger partial charge on any atom is 0.315 e. The molecule has 3 aromatic carbocycles. The van der Waals surface area contributed by atoms with Crippen molar-refractivity contribution in [3.63, 3.8) is 0 Å². The van der Waals surface area contributed by atoms with Crippen LogP contribution < -0.4 is 4.74 Å². The van der Waals surface area contributed by atoms with Gasteiger partial charge in [0.05, 0.1) is 6.61 Å². The van der Waals surface area contributed by atoms with Gasteiger partial charge in [-0.3, -0.25) is 14.6 Å². The molecule has 200 valence electrons. The second-order valence-corrected chi connectivity index (χ2v) is 10.3. The van der Waals surface area contributed by atoms with Crippen LogP contribution >= 0.6 is 0 Å². The minimum atomic E-state index is -0.681. The number of hydrogen-bond acceptors (Lipinski definition) is 5. The maximum absolute atomic E-state index is 13.9. The lowest BCUT2D eigenvalue weighted by atomic mass is 9.69. The van der Waals surface area contributed by atoms with Crippen LogP contribution in [0.5, 0.6) is 5.75 Å². The molecule has 1 aliphatic heterocycles. The number of hydrogen-bond donors (Lipinski definition) is 0. The van der Waals surface area contributed by atoms with Crippen molar-refractivity contribution in [2.45, 2.75) is 58.0 Å². The van der Waals surface area contributed by atoms with E-state index in [0.717, 1.165) is 35.2 Å². The molecule has 1 unspecified atom stereocenters. The van der Waals surface area contributed by atoms with E-state index in [4.69, 9.17) is 14.5 Å². The Morgan fingerprint density at radius 1 is 0.923 bits per heavy atom. The van der Waals surface area contributed by atoms with E-state index >= 15 is 0 Å². The SMILES string of the molecule is CCCCOC(=O)C1C(C)=NC2=C(C(=O)C[C@H](c3ccccc3)C2)[C@@H]1c1ccccc1OCc1ccccc1. The highest BCUT2D eigenvalue weighted by Gasteiger charge is 2.45. The summed E-state index contributed by atoms with van der Waals surface area (Å²) >= 11 is 0. The van der Waals surface area contributed by atoms with E-state index in [9.17, 15) is 9.59 Å². The fourth-order valence-corrected chi connectivity index (χ4v) is 5.67. The summed E-state index contributed by atoms with van der Waals surface area (Å²) in [5.74, 6) is -0.765. The molecule has 0 N–H and O–H groups in total. The zero-order valence-corrected chi connectivity index (χ0v) is 22.6. The molecule has 5 rings (SSSR count). The van der Waals surface area contributed by atoms with Crippen molar-refractivity contribution < 1.29 is 19.1 Å². The fourth-order valence-electron chi connectivity index (χ4n) is 5.67. The third-order valence-electron chi connectivity index (χ3n) is 7.65. The van der Waals surface area contributed by atoms with E-state index in [0.29, 0.717) is 43.1 Å². The van der Waals surface area contributed by atoms with Crippen molar-refractivity contribution in [2.24, 2.45) is 10.9 Å². The van der Waals surface area contributed by atoms with Gasteiger partial charge in [-0.2, -0.15) is 0 Å². The van der Waals surface area contributed by atoms with Crippen LogP contribution in [0.15, 0.2) is 101 Å². The topological polar surface area (TPSA) is 65.0 Å². The second kappa shape index (κ2) is 12.2. The van der Waals surface area contributed by atoms with Gasteiger partial charge >= 0.3 is 5.97 Å². The molecule has 3 atom stereocenters. The highest BCUT2D eigenvalue weighted by atomic mass is 16.5. The van der Waals surface area contributed by atoms with Crippen molar-refractivity contribution in [3.05, 3.63) is 113 Å². The van der Waals surface area contributed by atoms with Crippen LogP contribution in [-0.2, 0) is 20.9 Å². The zero-order valence-electron chi connectivity index (χ0n) is 22.6. The van der Waals surface area contributed by atoms with E-state index < -0.39 is 11.8 Å². The molecule has 0 fully saturated rings. The molecule has 0 spiro atoms. The molecule has 3 aromatic rings. The summed E-state index contributed by atoms with van der Waals surface area (Å²) in [5, 5.41) is 0. The Bertz CT molecular complexity index is 1380. The molecular weight excluding hydrogens is 486 g/mol. The predicted molar refractivity (Wildman–Crippen MR) is 153 cm³/mol. The van der Waals surface area contributed by atoms with Crippen LogP contribution in [0.3, 0.4) is 0 Å². The van der Waals surface area contributed by atoms with Gasteiger partial charge in [-0.1, -0.05) is 92.2 Å². The fraction of sp³-hybridized carbons (Fsp3) is 0.324. The minimum Gasteiger partial charge on any atom is -0.489 e. The summed E-state index contributed by atoms with van der Waals surface area (Å²) in [7, 11) is 0.